The van der Waals surface area contributed by atoms with Crippen LogP contribution < -0.4 is 0 Å². The van der Waals surface area contributed by atoms with Gasteiger partial charge in [0.2, 0.25) is 0 Å². The van der Waals surface area contributed by atoms with E-state index in [0.29, 0.717) is 0 Å². The van der Waals surface area contributed by atoms with E-state index >= 15 is 0 Å². The second-order valence-electron chi connectivity index (χ2n) is 8.53. The van der Waals surface area contributed by atoms with Crippen LogP contribution in [0.2, 0.25) is 0 Å². The number of piperazine rings is 1. The first-order valence-corrected chi connectivity index (χ1v) is 11.7. The number of nitrogens with zero attached hydrogens (tertiary/aromatic N) is 4. The summed E-state index contributed by atoms with van der Waals surface area (Å²) in [5, 5.41) is 0. The number of likely N-dealkylation sites (N-methyl/N-ethyl adjacent to an activating group) is 2. The van der Waals surface area contributed by atoms with Crippen molar-refractivity contribution in [3.05, 3.63) is 0 Å². The molecular formula is C22H50N4+2. The molecule has 1 heterocycles. The first-order valence-electron chi connectivity index (χ1n) is 11.7. The van der Waals surface area contributed by atoms with Crippen molar-refractivity contribution in [3.8, 4) is 0 Å². The lowest BCUT2D eigenvalue weighted by molar-refractivity contribution is -0.924. The molecule has 0 bridgehead atoms. The summed E-state index contributed by atoms with van der Waals surface area (Å²) in [6, 6.07) is 0. The molecule has 0 atom stereocenters. The van der Waals surface area contributed by atoms with Crippen molar-refractivity contribution in [2.75, 3.05) is 91.6 Å². The van der Waals surface area contributed by atoms with Gasteiger partial charge in [-0.25, -0.2) is 0 Å². The molecule has 156 valence electrons. The Labute approximate surface area is 165 Å². The quantitative estimate of drug-likeness (QED) is 0.434. The van der Waals surface area contributed by atoms with E-state index in [1.165, 1.54) is 113 Å². The molecule has 1 aliphatic heterocycles. The van der Waals surface area contributed by atoms with Crippen LogP contribution in [0.3, 0.4) is 0 Å². The van der Waals surface area contributed by atoms with Crippen molar-refractivity contribution in [1.82, 2.24) is 9.80 Å². The van der Waals surface area contributed by atoms with Gasteiger partial charge in [-0.15, -0.1) is 0 Å². The lowest BCUT2D eigenvalue weighted by Crippen LogP contribution is -2.56. The third-order valence-electron chi connectivity index (χ3n) is 7.33. The first-order chi connectivity index (χ1) is 12.5. The largest absolute Gasteiger partial charge is 0.323 e. The topological polar surface area (TPSA) is 6.48 Å². The van der Waals surface area contributed by atoms with Gasteiger partial charge < -0.3 is 8.97 Å². The van der Waals surface area contributed by atoms with Gasteiger partial charge in [-0.1, -0.05) is 13.8 Å². The van der Waals surface area contributed by atoms with Gasteiger partial charge in [-0.3, -0.25) is 9.80 Å². The molecule has 0 N–H and O–H groups in total. The highest BCUT2D eigenvalue weighted by molar-refractivity contribution is 4.72. The normalized spacial score (nSPS) is 17.8. The highest BCUT2D eigenvalue weighted by Gasteiger charge is 2.27. The van der Waals surface area contributed by atoms with E-state index in [1.807, 2.05) is 0 Å². The van der Waals surface area contributed by atoms with Crippen LogP contribution in [0.1, 0.15) is 54.4 Å². The van der Waals surface area contributed by atoms with Gasteiger partial charge in [0.1, 0.15) is 0 Å². The fourth-order valence-electron chi connectivity index (χ4n) is 4.83. The predicted octanol–water partition coefficient (Wildman–Crippen LogP) is 3.14. The Hall–Kier alpha value is -0.160. The van der Waals surface area contributed by atoms with Gasteiger partial charge in [-0.2, -0.15) is 0 Å². The van der Waals surface area contributed by atoms with E-state index in [1.54, 1.807) is 0 Å². The molecule has 1 saturated heterocycles. The van der Waals surface area contributed by atoms with E-state index in [2.05, 4.69) is 51.3 Å². The summed E-state index contributed by atoms with van der Waals surface area (Å²) in [6.45, 7) is 32.3. The van der Waals surface area contributed by atoms with E-state index in [9.17, 15) is 0 Å². The van der Waals surface area contributed by atoms with Crippen molar-refractivity contribution in [2.24, 2.45) is 0 Å². The molecular weight excluding hydrogens is 320 g/mol. The summed E-state index contributed by atoms with van der Waals surface area (Å²) in [5.74, 6) is 0. The van der Waals surface area contributed by atoms with Gasteiger partial charge in [0.25, 0.3) is 0 Å². The molecule has 1 aliphatic rings. The zero-order valence-corrected chi connectivity index (χ0v) is 19.1. The van der Waals surface area contributed by atoms with Crippen LogP contribution in [0.15, 0.2) is 0 Å². The number of rotatable bonds is 14. The predicted molar refractivity (Wildman–Crippen MR) is 116 cm³/mol. The SMILES string of the molecule is CCC[N+](CC)(CC)CCN1CCN(CC[N+](CC)(CC)CCC)CC1. The lowest BCUT2D eigenvalue weighted by Gasteiger charge is -2.42. The van der Waals surface area contributed by atoms with Crippen LogP contribution in [0.4, 0.5) is 0 Å². The smallest absolute Gasteiger partial charge is 0.0915 e. The fourth-order valence-corrected chi connectivity index (χ4v) is 4.83. The molecule has 0 aromatic rings. The lowest BCUT2D eigenvalue weighted by atomic mass is 10.2. The molecule has 0 radical (unpaired) electrons. The van der Waals surface area contributed by atoms with Gasteiger partial charge in [-0.05, 0) is 40.5 Å². The maximum Gasteiger partial charge on any atom is 0.0915 e. The summed E-state index contributed by atoms with van der Waals surface area (Å²) >= 11 is 0. The third-order valence-corrected chi connectivity index (χ3v) is 7.33. The highest BCUT2D eigenvalue weighted by atomic mass is 15.4. The van der Waals surface area contributed by atoms with E-state index in [0.717, 1.165) is 0 Å². The minimum atomic E-state index is 1.27. The summed E-state index contributed by atoms with van der Waals surface area (Å²) < 4.78 is 2.61. The Morgan fingerprint density at radius 2 is 0.808 bits per heavy atom. The van der Waals surface area contributed by atoms with Crippen LogP contribution in [0, 0.1) is 0 Å². The van der Waals surface area contributed by atoms with Crippen LogP contribution in [0.25, 0.3) is 0 Å². The molecule has 26 heavy (non-hydrogen) atoms. The van der Waals surface area contributed by atoms with Crippen LogP contribution in [0.5, 0.6) is 0 Å². The second-order valence-corrected chi connectivity index (χ2v) is 8.53. The van der Waals surface area contributed by atoms with E-state index < -0.39 is 0 Å². The van der Waals surface area contributed by atoms with E-state index in [4.69, 9.17) is 0 Å². The molecule has 0 saturated carbocycles. The fraction of sp³-hybridized carbons (Fsp3) is 1.00. The van der Waals surface area contributed by atoms with Gasteiger partial charge in [0.15, 0.2) is 0 Å². The van der Waals surface area contributed by atoms with Gasteiger partial charge in [0.05, 0.1) is 52.4 Å². The molecule has 0 aromatic heterocycles. The van der Waals surface area contributed by atoms with Gasteiger partial charge in [0, 0.05) is 39.3 Å². The van der Waals surface area contributed by atoms with Crippen molar-refractivity contribution in [1.29, 1.82) is 0 Å². The Balaban J connectivity index is 2.38. The zero-order chi connectivity index (χ0) is 19.5. The maximum absolute atomic E-state index is 2.72. The maximum atomic E-state index is 2.72. The second kappa shape index (κ2) is 12.3. The minimum Gasteiger partial charge on any atom is -0.323 e. The molecule has 4 heteroatoms. The summed E-state index contributed by atoms with van der Waals surface area (Å²) in [4.78, 5) is 5.44. The summed E-state index contributed by atoms with van der Waals surface area (Å²) in [7, 11) is 0. The monoisotopic (exact) mass is 370 g/mol. The molecule has 0 spiro atoms. The first kappa shape index (κ1) is 23.9. The summed E-state index contributed by atoms with van der Waals surface area (Å²) in [6.07, 6.45) is 2.62. The molecule has 1 rings (SSSR count). The van der Waals surface area contributed by atoms with Crippen molar-refractivity contribution < 1.29 is 8.97 Å². The number of hydrogen-bond donors (Lipinski definition) is 0. The third kappa shape index (κ3) is 7.10. The van der Waals surface area contributed by atoms with Gasteiger partial charge >= 0.3 is 0 Å². The zero-order valence-electron chi connectivity index (χ0n) is 19.1. The Morgan fingerprint density at radius 1 is 0.500 bits per heavy atom. The summed E-state index contributed by atoms with van der Waals surface area (Å²) in [5.41, 5.74) is 0. The molecule has 4 nitrogen and oxygen atoms in total. The van der Waals surface area contributed by atoms with Crippen molar-refractivity contribution >= 4 is 0 Å². The van der Waals surface area contributed by atoms with Crippen LogP contribution in [-0.4, -0.2) is 110 Å². The average molecular weight is 371 g/mol. The molecule has 0 aromatic carbocycles. The van der Waals surface area contributed by atoms with Crippen LogP contribution in [-0.2, 0) is 0 Å². The Bertz CT molecular complexity index is 308. The number of quaternary nitrogens is 2. The van der Waals surface area contributed by atoms with Crippen molar-refractivity contribution in [2.45, 2.75) is 54.4 Å². The minimum absolute atomic E-state index is 1.27. The van der Waals surface area contributed by atoms with Crippen molar-refractivity contribution in [3.63, 3.8) is 0 Å². The molecule has 0 unspecified atom stereocenters. The molecule has 1 fully saturated rings. The standard InChI is InChI=1S/C22H50N4/c1-7-19-25(9-3,10-4)21-17-23-13-15-24(16-14-23)18-22-26(11-5,12-6)20-8-2/h7-22H2,1-6H3/q+2. The Kier molecular flexibility index (Phi) is 11.3. The average Bonchev–Trinajstić information content (AvgIpc) is 2.69. The Morgan fingerprint density at radius 3 is 1.04 bits per heavy atom. The number of hydrogen-bond acceptors (Lipinski definition) is 2. The van der Waals surface area contributed by atoms with E-state index in [-0.39, 0.29) is 0 Å². The highest BCUT2D eigenvalue weighted by Crippen LogP contribution is 2.12. The molecule has 0 amide bonds. The molecule has 0 aliphatic carbocycles. The van der Waals surface area contributed by atoms with Crippen LogP contribution >= 0.6 is 0 Å².